The molecule has 6 aromatic heterocycles. The largest absolute Gasteiger partial charge is 0.441 e. The van der Waals surface area contributed by atoms with Gasteiger partial charge in [0.25, 0.3) is 0 Å². The first-order chi connectivity index (χ1) is 14.9. The molecule has 0 amide bonds. The van der Waals surface area contributed by atoms with Gasteiger partial charge in [-0.25, -0.2) is 9.97 Å². The predicted octanol–water partition coefficient (Wildman–Crippen LogP) is 4.15. The maximum atomic E-state index is 5.54. The number of hydrogen-bond donors (Lipinski definition) is 0. The third-order valence-corrected chi connectivity index (χ3v) is 6.07. The van der Waals surface area contributed by atoms with Gasteiger partial charge in [-0.15, -0.1) is 21.5 Å². The topological polar surface area (TPSA) is 143 Å². The molecule has 0 saturated carbocycles. The van der Waals surface area contributed by atoms with Crippen molar-refractivity contribution in [2.45, 2.75) is 0 Å². The molecule has 0 spiro atoms. The minimum atomic E-state index is 0.361. The Morgan fingerprint density at radius 2 is 1.87 bits per heavy atom. The van der Waals surface area contributed by atoms with Gasteiger partial charge in [0.05, 0.1) is 0 Å². The number of oxazole rings is 1. The molecule has 6 rings (SSSR count). The van der Waals surface area contributed by atoms with Crippen LogP contribution in [0.4, 0.5) is 0 Å². The third-order valence-electron chi connectivity index (χ3n) is 4.10. The molecule has 0 aromatic carbocycles. The quantitative estimate of drug-likeness (QED) is 0.370. The Balaban J connectivity index is 1.41. The van der Waals surface area contributed by atoms with E-state index < -0.39 is 0 Å². The van der Waals surface area contributed by atoms with E-state index in [1.165, 1.54) is 47.1 Å². The summed E-state index contributed by atoms with van der Waals surface area (Å²) in [5.74, 6) is 0.722. The fourth-order valence-electron chi connectivity index (χ4n) is 2.78. The molecule has 0 aliphatic carbocycles. The van der Waals surface area contributed by atoms with Gasteiger partial charge < -0.3 is 13.5 Å². The monoisotopic (exact) mass is 454 g/mol. The van der Waals surface area contributed by atoms with E-state index in [2.05, 4.69) is 39.5 Å². The van der Waals surface area contributed by atoms with E-state index in [1.807, 2.05) is 16.1 Å². The van der Waals surface area contributed by atoms with Crippen LogP contribution in [-0.4, -0.2) is 39.5 Å². The zero-order valence-corrected chi connectivity index (χ0v) is 16.9. The molecule has 0 aliphatic rings. The molecular weight excluding hydrogens is 448 g/mol. The van der Waals surface area contributed by atoms with E-state index in [-0.39, 0.29) is 0 Å². The zero-order valence-electron chi connectivity index (χ0n) is 14.5. The summed E-state index contributed by atoms with van der Waals surface area (Å²) in [6, 6.07) is 1.67. The van der Waals surface area contributed by atoms with Gasteiger partial charge in [0.1, 0.15) is 34.7 Å². The summed E-state index contributed by atoms with van der Waals surface area (Å²) >= 11 is 3.99. The lowest BCUT2D eigenvalue weighted by molar-refractivity contribution is 0.403. The van der Waals surface area contributed by atoms with E-state index in [0.717, 1.165) is 17.0 Å². The highest BCUT2D eigenvalue weighted by Crippen LogP contribution is 2.39. The molecule has 0 saturated heterocycles. The van der Waals surface area contributed by atoms with Crippen molar-refractivity contribution in [3.05, 3.63) is 34.9 Å². The second-order valence-corrected chi connectivity index (χ2v) is 7.87. The van der Waals surface area contributed by atoms with Crippen molar-refractivity contribution in [3.63, 3.8) is 0 Å². The maximum Gasteiger partial charge on any atom is 0.227 e. The summed E-state index contributed by atoms with van der Waals surface area (Å²) in [5.41, 5.74) is 4.41. The molecule has 0 unspecified atom stereocenters. The Kier molecular flexibility index (Phi) is 4.03. The van der Waals surface area contributed by atoms with Gasteiger partial charge in [0, 0.05) is 33.0 Å². The van der Waals surface area contributed by atoms with Crippen molar-refractivity contribution in [2.24, 2.45) is 0 Å². The number of aromatic nitrogens is 8. The summed E-state index contributed by atoms with van der Waals surface area (Å²) in [5, 5.41) is 22.0. The molecule has 0 aliphatic heterocycles. The normalized spacial score (nSPS) is 11.3. The van der Waals surface area contributed by atoms with Crippen molar-refractivity contribution in [2.75, 3.05) is 0 Å². The van der Waals surface area contributed by atoms with Gasteiger partial charge in [-0.1, -0.05) is 9.64 Å². The van der Waals surface area contributed by atoms with Gasteiger partial charge in [0.15, 0.2) is 22.9 Å². The highest BCUT2D eigenvalue weighted by molar-refractivity contribution is 7.13. The summed E-state index contributed by atoms with van der Waals surface area (Å²) < 4.78 is 24.2. The second-order valence-electron chi connectivity index (χ2n) is 5.77. The maximum absolute atomic E-state index is 5.54. The number of rotatable bonds is 5. The van der Waals surface area contributed by atoms with E-state index in [9.17, 15) is 0 Å². The van der Waals surface area contributed by atoms with Gasteiger partial charge >= 0.3 is 0 Å². The van der Waals surface area contributed by atoms with E-state index >= 15 is 0 Å². The number of nitrogens with zero attached hydrogens (tertiary/aromatic N) is 8. The van der Waals surface area contributed by atoms with Crippen LogP contribution >= 0.6 is 34.4 Å². The van der Waals surface area contributed by atoms with Crippen molar-refractivity contribution in [3.8, 4) is 56.3 Å². The van der Waals surface area contributed by atoms with Crippen LogP contribution < -0.4 is 0 Å². The average Bonchev–Trinajstić information content (AvgIpc) is 3.61. The summed E-state index contributed by atoms with van der Waals surface area (Å²) in [7, 11) is 0. The van der Waals surface area contributed by atoms with Crippen LogP contribution in [-0.2, 0) is 0 Å². The van der Waals surface area contributed by atoms with Crippen LogP contribution in [0, 0.1) is 0 Å². The smallest absolute Gasteiger partial charge is 0.227 e. The molecule has 0 radical (unpaired) electrons. The van der Waals surface area contributed by atoms with Gasteiger partial charge in [0.2, 0.25) is 5.76 Å². The molecule has 6 aromatic rings. The van der Waals surface area contributed by atoms with E-state index in [4.69, 9.17) is 13.5 Å². The first kappa shape index (κ1) is 17.3. The Morgan fingerprint density at radius 3 is 2.73 bits per heavy atom. The number of thiazole rings is 1. The standard InChI is InChI=1S/C16H6N8O3S3/c1-2-26-21-8(1)12-14(25-6-17-12)13-15(27-23-20-13)16-18-10(4-28-16)11-7(3-29-22-11)9-5-30-24-19-9/h1-6H. The minimum absolute atomic E-state index is 0.361. The third kappa shape index (κ3) is 2.77. The van der Waals surface area contributed by atoms with Crippen LogP contribution in [0.3, 0.4) is 0 Å². The second kappa shape index (κ2) is 7.01. The van der Waals surface area contributed by atoms with Gasteiger partial charge in [-0.05, 0) is 23.1 Å². The van der Waals surface area contributed by atoms with Crippen LogP contribution in [0.2, 0.25) is 0 Å². The van der Waals surface area contributed by atoms with Gasteiger partial charge in [-0.3, -0.25) is 0 Å². The Morgan fingerprint density at radius 1 is 0.867 bits per heavy atom. The van der Waals surface area contributed by atoms with Crippen molar-refractivity contribution in [1.82, 2.24) is 39.5 Å². The summed E-state index contributed by atoms with van der Waals surface area (Å²) in [4.78, 5) is 8.88. The molecular formula is C16H6N8O3S3. The van der Waals surface area contributed by atoms with E-state index in [1.54, 1.807) is 6.07 Å². The predicted molar refractivity (Wildman–Crippen MR) is 106 cm³/mol. The lowest BCUT2D eigenvalue weighted by Gasteiger charge is -1.96. The van der Waals surface area contributed by atoms with Crippen molar-refractivity contribution in [1.29, 1.82) is 0 Å². The fourth-order valence-corrected chi connectivity index (χ4v) is 4.71. The molecule has 146 valence electrons. The lowest BCUT2D eigenvalue weighted by Crippen LogP contribution is -1.86. The van der Waals surface area contributed by atoms with Crippen LogP contribution in [0.15, 0.2) is 48.3 Å². The van der Waals surface area contributed by atoms with Crippen molar-refractivity contribution >= 4 is 34.4 Å². The first-order valence-electron chi connectivity index (χ1n) is 8.23. The molecule has 30 heavy (non-hydrogen) atoms. The Bertz CT molecular complexity index is 1410. The molecule has 0 N–H and O–H groups in total. The molecule has 11 nitrogen and oxygen atoms in total. The molecule has 0 fully saturated rings. The average molecular weight is 454 g/mol. The fraction of sp³-hybridized carbons (Fsp3) is 0. The molecule has 0 atom stereocenters. The molecule has 6 heterocycles. The SMILES string of the molecule is c1cc(-c2ncoc2-c2nnoc2-c2nc(-c3nscc3-c3csnn3)cs2)no1. The highest BCUT2D eigenvalue weighted by Gasteiger charge is 2.26. The first-order valence-corrected chi connectivity index (χ1v) is 10.8. The van der Waals surface area contributed by atoms with Crippen molar-refractivity contribution < 1.29 is 13.5 Å². The summed E-state index contributed by atoms with van der Waals surface area (Å²) in [6.45, 7) is 0. The van der Waals surface area contributed by atoms with Crippen LogP contribution in [0.25, 0.3) is 56.3 Å². The zero-order chi connectivity index (χ0) is 19.9. The van der Waals surface area contributed by atoms with Crippen LogP contribution in [0.5, 0.6) is 0 Å². The number of hydrogen-bond acceptors (Lipinski definition) is 14. The Hall–Kier alpha value is -3.62. The van der Waals surface area contributed by atoms with Crippen LogP contribution in [0.1, 0.15) is 0 Å². The highest BCUT2D eigenvalue weighted by atomic mass is 32.1. The molecule has 14 heteroatoms. The molecule has 0 bridgehead atoms. The Labute approximate surface area is 178 Å². The van der Waals surface area contributed by atoms with Gasteiger partial charge in [-0.2, -0.15) is 4.37 Å². The van der Waals surface area contributed by atoms with E-state index in [0.29, 0.717) is 39.3 Å². The summed E-state index contributed by atoms with van der Waals surface area (Å²) in [6.07, 6.45) is 2.75. The lowest BCUT2D eigenvalue weighted by atomic mass is 10.1. The minimum Gasteiger partial charge on any atom is -0.441 e.